The van der Waals surface area contributed by atoms with E-state index in [2.05, 4.69) is 14.5 Å². The minimum absolute atomic E-state index is 0.0845. The van der Waals surface area contributed by atoms with Crippen LogP contribution >= 0.6 is 0 Å². The van der Waals surface area contributed by atoms with Crippen LogP contribution in [0.3, 0.4) is 0 Å². The lowest BCUT2D eigenvalue weighted by Crippen LogP contribution is -2.15. The molecule has 160 valence electrons. The molecule has 2 aliphatic rings. The van der Waals surface area contributed by atoms with E-state index < -0.39 is 0 Å². The fourth-order valence-corrected chi connectivity index (χ4v) is 3.93. The van der Waals surface area contributed by atoms with Gasteiger partial charge in [0, 0.05) is 29.8 Å². The summed E-state index contributed by atoms with van der Waals surface area (Å²) in [6, 6.07) is 19.3. The number of methoxy groups -OCH3 is 2. The Balaban J connectivity index is 1.51. The molecule has 3 heterocycles. The second-order valence-corrected chi connectivity index (χ2v) is 7.56. The molecule has 7 nitrogen and oxygen atoms in total. The normalized spacial score (nSPS) is 11.2. The predicted molar refractivity (Wildman–Crippen MR) is 123 cm³/mol. The second kappa shape index (κ2) is 8.19. The number of aromatic nitrogens is 4. The summed E-state index contributed by atoms with van der Waals surface area (Å²) in [7, 11) is 3.29. The highest BCUT2D eigenvalue weighted by Gasteiger charge is 2.18. The van der Waals surface area contributed by atoms with E-state index >= 15 is 0 Å². The summed E-state index contributed by atoms with van der Waals surface area (Å²) in [5.41, 5.74) is 3.62. The fourth-order valence-electron chi connectivity index (χ4n) is 3.93. The first-order valence-corrected chi connectivity index (χ1v) is 10.3. The SMILES string of the molecule is COc1ccc(Cn2c3ncnc4c(ccn4Cc4ccc(OC)cc4)c-3cc2=O)cc1. The molecule has 0 spiro atoms. The third-order valence-corrected chi connectivity index (χ3v) is 5.63. The minimum Gasteiger partial charge on any atom is -0.497 e. The molecule has 7 heteroatoms. The highest BCUT2D eigenvalue weighted by atomic mass is 16.5. The summed E-state index contributed by atoms with van der Waals surface area (Å²) >= 11 is 0. The maximum atomic E-state index is 12.8. The van der Waals surface area contributed by atoms with Gasteiger partial charge < -0.3 is 14.0 Å². The smallest absolute Gasteiger partial charge is 0.253 e. The van der Waals surface area contributed by atoms with Gasteiger partial charge in [-0.25, -0.2) is 9.97 Å². The maximum absolute atomic E-state index is 12.8. The van der Waals surface area contributed by atoms with E-state index in [0.717, 1.165) is 39.2 Å². The van der Waals surface area contributed by atoms with Crippen molar-refractivity contribution in [1.82, 2.24) is 19.1 Å². The first-order chi connectivity index (χ1) is 15.7. The molecule has 0 N–H and O–H groups in total. The number of benzene rings is 2. The summed E-state index contributed by atoms with van der Waals surface area (Å²) in [6.07, 6.45) is 3.52. The third kappa shape index (κ3) is 3.58. The molecule has 3 aromatic rings. The van der Waals surface area contributed by atoms with Crippen LogP contribution in [0.1, 0.15) is 11.1 Å². The van der Waals surface area contributed by atoms with Crippen molar-refractivity contribution in [2.75, 3.05) is 14.2 Å². The van der Waals surface area contributed by atoms with E-state index in [1.807, 2.05) is 60.8 Å². The molecule has 2 aliphatic heterocycles. The quantitative estimate of drug-likeness (QED) is 0.413. The van der Waals surface area contributed by atoms with Crippen molar-refractivity contribution in [2.24, 2.45) is 0 Å². The molecule has 1 aromatic heterocycles. The Hall–Kier alpha value is -4.13. The number of hydrogen-bond acceptors (Lipinski definition) is 5. The lowest BCUT2D eigenvalue weighted by atomic mass is 10.2. The molecular formula is C25H22N4O3. The molecule has 0 fully saturated rings. The number of rotatable bonds is 6. The van der Waals surface area contributed by atoms with Crippen LogP contribution in [-0.2, 0) is 13.1 Å². The summed E-state index contributed by atoms with van der Waals surface area (Å²) in [6.45, 7) is 1.08. The zero-order valence-electron chi connectivity index (χ0n) is 17.9. The molecule has 5 rings (SSSR count). The van der Waals surface area contributed by atoms with Crippen LogP contribution in [0.4, 0.5) is 0 Å². The summed E-state index contributed by atoms with van der Waals surface area (Å²) in [5.74, 6) is 2.22. The van der Waals surface area contributed by atoms with Crippen LogP contribution in [0.2, 0.25) is 0 Å². The second-order valence-electron chi connectivity index (χ2n) is 7.56. The van der Waals surface area contributed by atoms with Crippen LogP contribution in [0.25, 0.3) is 22.4 Å². The van der Waals surface area contributed by atoms with Crippen molar-refractivity contribution in [2.45, 2.75) is 13.1 Å². The van der Waals surface area contributed by atoms with Gasteiger partial charge in [0.15, 0.2) is 0 Å². The van der Waals surface area contributed by atoms with Gasteiger partial charge in [-0.1, -0.05) is 24.3 Å². The van der Waals surface area contributed by atoms with Crippen LogP contribution < -0.4 is 15.0 Å². The zero-order chi connectivity index (χ0) is 22.1. The maximum Gasteiger partial charge on any atom is 0.253 e. The van der Waals surface area contributed by atoms with Gasteiger partial charge in [-0.2, -0.15) is 0 Å². The van der Waals surface area contributed by atoms with Crippen LogP contribution in [0.5, 0.6) is 11.5 Å². The van der Waals surface area contributed by atoms with Gasteiger partial charge in [-0.05, 0) is 41.5 Å². The predicted octanol–water partition coefficient (Wildman–Crippen LogP) is 3.81. The highest BCUT2D eigenvalue weighted by molar-refractivity contribution is 5.91. The zero-order valence-corrected chi connectivity index (χ0v) is 17.9. The first-order valence-electron chi connectivity index (χ1n) is 10.3. The van der Waals surface area contributed by atoms with Gasteiger partial charge in [0.05, 0.1) is 20.8 Å². The molecule has 0 bridgehead atoms. The third-order valence-electron chi connectivity index (χ3n) is 5.63. The summed E-state index contributed by atoms with van der Waals surface area (Å²) < 4.78 is 14.2. The van der Waals surface area contributed by atoms with Gasteiger partial charge in [0.2, 0.25) is 0 Å². The van der Waals surface area contributed by atoms with E-state index in [-0.39, 0.29) is 5.56 Å². The average molecular weight is 426 g/mol. The molecule has 0 unspecified atom stereocenters. The Morgan fingerprint density at radius 1 is 0.812 bits per heavy atom. The fraction of sp³-hybridized carbons (Fsp3) is 0.160. The molecular weight excluding hydrogens is 404 g/mol. The lowest BCUT2D eigenvalue weighted by Gasteiger charge is -2.06. The van der Waals surface area contributed by atoms with Crippen molar-refractivity contribution in [3.8, 4) is 22.9 Å². The molecule has 0 radical (unpaired) electrons. The van der Waals surface area contributed by atoms with Gasteiger partial charge in [0.1, 0.15) is 29.3 Å². The van der Waals surface area contributed by atoms with Crippen LogP contribution in [-0.4, -0.2) is 33.3 Å². The lowest BCUT2D eigenvalue weighted by molar-refractivity contribution is 0.414. The van der Waals surface area contributed by atoms with E-state index in [1.165, 1.54) is 6.33 Å². The van der Waals surface area contributed by atoms with Gasteiger partial charge in [0.25, 0.3) is 5.56 Å². The molecule has 0 saturated heterocycles. The largest absolute Gasteiger partial charge is 0.497 e. The summed E-state index contributed by atoms with van der Waals surface area (Å²) in [4.78, 5) is 21.9. The van der Waals surface area contributed by atoms with Gasteiger partial charge in [-0.3, -0.25) is 9.36 Å². The monoisotopic (exact) mass is 426 g/mol. The average Bonchev–Trinajstić information content (AvgIpc) is 3.29. The molecule has 0 atom stereocenters. The molecule has 32 heavy (non-hydrogen) atoms. The van der Waals surface area contributed by atoms with Crippen LogP contribution in [0, 0.1) is 0 Å². The highest BCUT2D eigenvalue weighted by Crippen LogP contribution is 2.28. The molecule has 0 saturated carbocycles. The van der Waals surface area contributed by atoms with Crippen molar-refractivity contribution in [1.29, 1.82) is 0 Å². The number of ether oxygens (including phenoxy) is 2. The van der Waals surface area contributed by atoms with Crippen molar-refractivity contribution < 1.29 is 9.47 Å². The number of nitrogens with zero attached hydrogens (tertiary/aromatic N) is 4. The van der Waals surface area contributed by atoms with E-state index in [4.69, 9.17) is 9.47 Å². The van der Waals surface area contributed by atoms with E-state index in [1.54, 1.807) is 24.9 Å². The van der Waals surface area contributed by atoms with Crippen molar-refractivity contribution in [3.63, 3.8) is 0 Å². The van der Waals surface area contributed by atoms with Gasteiger partial charge >= 0.3 is 0 Å². The Kier molecular flexibility index (Phi) is 5.07. The van der Waals surface area contributed by atoms with Crippen LogP contribution in [0.15, 0.2) is 78.0 Å². The summed E-state index contributed by atoms with van der Waals surface area (Å²) in [5, 5.41) is 0.900. The van der Waals surface area contributed by atoms with Crippen molar-refractivity contribution in [3.05, 3.63) is 94.7 Å². The Bertz CT molecular complexity index is 1400. The van der Waals surface area contributed by atoms with E-state index in [9.17, 15) is 4.79 Å². The molecule has 0 aliphatic carbocycles. The molecule has 2 aromatic carbocycles. The number of hydrogen-bond donors (Lipinski definition) is 0. The topological polar surface area (TPSA) is 71.2 Å². The van der Waals surface area contributed by atoms with E-state index in [0.29, 0.717) is 18.9 Å². The van der Waals surface area contributed by atoms with Gasteiger partial charge in [-0.15, -0.1) is 0 Å². The van der Waals surface area contributed by atoms with Crippen molar-refractivity contribution >= 4 is 11.0 Å². The number of fused-ring (bicyclic) bond motifs is 3. The molecule has 0 amide bonds. The first kappa shape index (κ1) is 19.8. The Morgan fingerprint density at radius 2 is 1.44 bits per heavy atom. The minimum atomic E-state index is -0.0845. The Morgan fingerprint density at radius 3 is 2.06 bits per heavy atom. The Labute approximate surface area is 184 Å². The standard InChI is InChI=1S/C25H22N4O3/c1-31-19-7-3-17(4-8-19)14-28-12-11-21-22-13-23(30)29(25(22)27-16-26-24(21)28)15-18-5-9-20(32-2)10-6-18/h3-13,16H,14-15H2,1-2H3.